The molecule has 4 rings (SSSR count). The summed E-state index contributed by atoms with van der Waals surface area (Å²) in [6.45, 7) is 1.62. The maximum atomic E-state index is 12.7. The minimum Gasteiger partial charge on any atom is -0.444 e. The average Bonchev–Trinajstić information content (AvgIpc) is 3.32. The van der Waals surface area contributed by atoms with E-state index in [1.807, 2.05) is 48.5 Å². The number of hydrogen-bond donors (Lipinski definition) is 0. The number of ether oxygens (including phenoxy) is 1. The van der Waals surface area contributed by atoms with Gasteiger partial charge in [-0.15, -0.1) is 0 Å². The third-order valence-corrected chi connectivity index (χ3v) is 4.42. The quantitative estimate of drug-likeness (QED) is 0.720. The molecule has 7 nitrogen and oxygen atoms in total. The van der Waals surface area contributed by atoms with Gasteiger partial charge < -0.3 is 14.1 Å². The van der Waals surface area contributed by atoms with Crippen molar-refractivity contribution in [3.05, 3.63) is 60.2 Å². The van der Waals surface area contributed by atoms with E-state index in [2.05, 4.69) is 10.1 Å². The molecular formula is C19H20N4O3. The molecule has 3 heterocycles. The molecule has 1 amide bonds. The molecule has 0 spiro atoms. The third-order valence-electron chi connectivity index (χ3n) is 4.42. The van der Waals surface area contributed by atoms with Crippen molar-refractivity contribution in [3.63, 3.8) is 0 Å². The Balaban J connectivity index is 1.41. The van der Waals surface area contributed by atoms with Crippen LogP contribution in [0.5, 0.6) is 0 Å². The zero-order valence-electron chi connectivity index (χ0n) is 14.5. The molecule has 0 aliphatic carbocycles. The molecule has 134 valence electrons. The van der Waals surface area contributed by atoms with Crippen LogP contribution in [0.4, 0.5) is 0 Å². The standard InChI is InChI=1S/C19H20N4O3/c1-22-11-15(10-20-22)17-12-23(7-8-25-17)18(24)9-16-13-26-19(21-16)14-5-3-2-4-6-14/h2-6,10-11,13,17H,7-9,12H2,1H3. The van der Waals surface area contributed by atoms with Crippen LogP contribution in [0, 0.1) is 0 Å². The number of aryl methyl sites for hydroxylation is 1. The fourth-order valence-electron chi connectivity index (χ4n) is 3.05. The predicted octanol–water partition coefficient (Wildman–Crippen LogP) is 2.22. The molecule has 1 aliphatic rings. The lowest BCUT2D eigenvalue weighted by Gasteiger charge is -2.32. The van der Waals surface area contributed by atoms with Gasteiger partial charge >= 0.3 is 0 Å². The second-order valence-electron chi connectivity index (χ2n) is 6.33. The first-order chi connectivity index (χ1) is 12.7. The van der Waals surface area contributed by atoms with Gasteiger partial charge in [-0.25, -0.2) is 4.98 Å². The lowest BCUT2D eigenvalue weighted by atomic mass is 10.1. The number of nitrogens with zero attached hydrogens (tertiary/aromatic N) is 4. The molecule has 0 N–H and O–H groups in total. The predicted molar refractivity (Wildman–Crippen MR) is 94.1 cm³/mol. The molecule has 1 aliphatic heterocycles. The number of carbonyl (C=O) groups excluding carboxylic acids is 1. The van der Waals surface area contributed by atoms with E-state index in [-0.39, 0.29) is 18.4 Å². The lowest BCUT2D eigenvalue weighted by molar-refractivity contribution is -0.138. The van der Waals surface area contributed by atoms with Crippen LogP contribution in [0.3, 0.4) is 0 Å². The fraction of sp³-hybridized carbons (Fsp3) is 0.316. The minimum absolute atomic E-state index is 0.0232. The van der Waals surface area contributed by atoms with Gasteiger partial charge in [0.25, 0.3) is 0 Å². The van der Waals surface area contributed by atoms with E-state index in [0.717, 1.165) is 11.1 Å². The van der Waals surface area contributed by atoms with Crippen LogP contribution in [0.2, 0.25) is 0 Å². The van der Waals surface area contributed by atoms with E-state index < -0.39 is 0 Å². The van der Waals surface area contributed by atoms with Gasteiger partial charge in [-0.05, 0) is 12.1 Å². The highest BCUT2D eigenvalue weighted by atomic mass is 16.5. The maximum absolute atomic E-state index is 12.7. The highest BCUT2D eigenvalue weighted by Gasteiger charge is 2.26. The van der Waals surface area contributed by atoms with Crippen LogP contribution in [0.1, 0.15) is 17.4 Å². The van der Waals surface area contributed by atoms with Gasteiger partial charge in [0.05, 0.1) is 31.5 Å². The first-order valence-electron chi connectivity index (χ1n) is 8.57. The second-order valence-corrected chi connectivity index (χ2v) is 6.33. The van der Waals surface area contributed by atoms with Crippen LogP contribution in [0.25, 0.3) is 11.5 Å². The van der Waals surface area contributed by atoms with E-state index >= 15 is 0 Å². The Labute approximate surface area is 151 Å². The van der Waals surface area contributed by atoms with Crippen molar-refractivity contribution in [2.45, 2.75) is 12.5 Å². The number of rotatable bonds is 4. The van der Waals surface area contributed by atoms with Crippen molar-refractivity contribution in [3.8, 4) is 11.5 Å². The summed E-state index contributed by atoms with van der Waals surface area (Å²) in [5.74, 6) is 0.554. The van der Waals surface area contributed by atoms with Crippen molar-refractivity contribution in [1.29, 1.82) is 0 Å². The maximum Gasteiger partial charge on any atom is 0.228 e. The summed E-state index contributed by atoms with van der Waals surface area (Å²) in [6.07, 6.45) is 5.33. The number of aromatic nitrogens is 3. The number of hydrogen-bond acceptors (Lipinski definition) is 5. The summed E-state index contributed by atoms with van der Waals surface area (Å²) in [4.78, 5) is 18.9. The molecule has 3 aromatic rings. The zero-order chi connectivity index (χ0) is 17.9. The summed E-state index contributed by atoms with van der Waals surface area (Å²) in [5.41, 5.74) is 2.52. The van der Waals surface area contributed by atoms with Gasteiger partial charge in [-0.1, -0.05) is 18.2 Å². The van der Waals surface area contributed by atoms with E-state index in [0.29, 0.717) is 31.3 Å². The largest absolute Gasteiger partial charge is 0.444 e. The SMILES string of the molecule is Cn1cc(C2CN(C(=O)Cc3coc(-c4ccccc4)n3)CCO2)cn1. The Morgan fingerprint density at radius 3 is 2.92 bits per heavy atom. The molecular weight excluding hydrogens is 332 g/mol. The van der Waals surface area contributed by atoms with Gasteiger partial charge in [-0.3, -0.25) is 9.48 Å². The molecule has 1 fully saturated rings. The van der Waals surface area contributed by atoms with Gasteiger partial charge in [0, 0.05) is 30.9 Å². The van der Waals surface area contributed by atoms with Gasteiger partial charge in [-0.2, -0.15) is 5.10 Å². The van der Waals surface area contributed by atoms with Crippen LogP contribution in [-0.2, 0) is 23.0 Å². The van der Waals surface area contributed by atoms with Crippen molar-refractivity contribution < 1.29 is 13.9 Å². The lowest BCUT2D eigenvalue weighted by Crippen LogP contribution is -2.42. The molecule has 1 unspecified atom stereocenters. The average molecular weight is 352 g/mol. The molecule has 0 bridgehead atoms. The summed E-state index contributed by atoms with van der Waals surface area (Å²) >= 11 is 0. The van der Waals surface area contributed by atoms with Crippen molar-refractivity contribution in [2.24, 2.45) is 7.05 Å². The van der Waals surface area contributed by atoms with Gasteiger partial charge in [0.1, 0.15) is 12.4 Å². The Kier molecular flexibility index (Phi) is 4.53. The highest BCUT2D eigenvalue weighted by Crippen LogP contribution is 2.23. The molecule has 2 aromatic heterocycles. The smallest absolute Gasteiger partial charge is 0.228 e. The van der Waals surface area contributed by atoms with E-state index in [1.165, 1.54) is 0 Å². The van der Waals surface area contributed by atoms with Crippen LogP contribution in [0.15, 0.2) is 53.4 Å². The number of carbonyl (C=O) groups is 1. The van der Waals surface area contributed by atoms with E-state index in [4.69, 9.17) is 9.15 Å². The number of oxazole rings is 1. The van der Waals surface area contributed by atoms with Crippen LogP contribution in [-0.4, -0.2) is 45.3 Å². The molecule has 26 heavy (non-hydrogen) atoms. The number of morpholine rings is 1. The Bertz CT molecular complexity index is 887. The normalized spacial score (nSPS) is 17.4. The van der Waals surface area contributed by atoms with Crippen molar-refractivity contribution >= 4 is 5.91 Å². The van der Waals surface area contributed by atoms with Crippen LogP contribution < -0.4 is 0 Å². The van der Waals surface area contributed by atoms with E-state index in [9.17, 15) is 4.79 Å². The molecule has 7 heteroatoms. The van der Waals surface area contributed by atoms with Crippen LogP contribution >= 0.6 is 0 Å². The number of benzene rings is 1. The number of amides is 1. The fourth-order valence-corrected chi connectivity index (χ4v) is 3.05. The zero-order valence-corrected chi connectivity index (χ0v) is 14.5. The first-order valence-corrected chi connectivity index (χ1v) is 8.57. The summed E-state index contributed by atoms with van der Waals surface area (Å²) < 4.78 is 13.0. The molecule has 1 atom stereocenters. The van der Waals surface area contributed by atoms with Gasteiger partial charge in [0.2, 0.25) is 11.8 Å². The monoisotopic (exact) mass is 352 g/mol. The molecule has 1 saturated heterocycles. The summed E-state index contributed by atoms with van der Waals surface area (Å²) in [5, 5.41) is 4.17. The first kappa shape index (κ1) is 16.5. The van der Waals surface area contributed by atoms with Crippen molar-refractivity contribution in [1.82, 2.24) is 19.7 Å². The summed E-state index contributed by atoms with van der Waals surface area (Å²) in [6, 6.07) is 9.65. The molecule has 0 saturated carbocycles. The molecule has 1 aromatic carbocycles. The van der Waals surface area contributed by atoms with E-state index in [1.54, 1.807) is 17.1 Å². The van der Waals surface area contributed by atoms with Gasteiger partial charge in [0.15, 0.2) is 0 Å². The third kappa shape index (κ3) is 3.52. The Hall–Kier alpha value is -2.93. The highest BCUT2D eigenvalue weighted by molar-refractivity contribution is 5.78. The molecule has 0 radical (unpaired) electrons. The minimum atomic E-state index is -0.140. The topological polar surface area (TPSA) is 73.4 Å². The Morgan fingerprint density at radius 2 is 2.15 bits per heavy atom. The second kappa shape index (κ2) is 7.13. The summed E-state index contributed by atoms with van der Waals surface area (Å²) in [7, 11) is 1.87. The Morgan fingerprint density at radius 1 is 1.31 bits per heavy atom. The van der Waals surface area contributed by atoms with Crippen molar-refractivity contribution in [2.75, 3.05) is 19.7 Å².